The molecule has 0 saturated carbocycles. The Bertz CT molecular complexity index is 494. The zero-order chi connectivity index (χ0) is 12.3. The summed E-state index contributed by atoms with van der Waals surface area (Å²) in [5, 5.41) is 0.780. The Balaban J connectivity index is 2.11. The minimum absolute atomic E-state index is 0.321. The Hall–Kier alpha value is -0.310. The lowest BCUT2D eigenvalue weighted by molar-refractivity contribution is 0.948. The van der Waals surface area contributed by atoms with E-state index in [2.05, 4.69) is 62.2 Å². The monoisotopic (exact) mass is 372 g/mol. The molecule has 1 unspecified atom stereocenters. The van der Waals surface area contributed by atoms with E-state index in [0.717, 1.165) is 15.9 Å². The van der Waals surface area contributed by atoms with Gasteiger partial charge in [-0.05, 0) is 41.8 Å². The molecule has 17 heavy (non-hydrogen) atoms. The Morgan fingerprint density at radius 1 is 1.06 bits per heavy atom. The molecule has 0 saturated heterocycles. The molecule has 0 aliphatic rings. The van der Waals surface area contributed by atoms with Crippen LogP contribution in [0.3, 0.4) is 0 Å². The molecule has 0 heterocycles. The maximum atomic E-state index is 5.87. The second kappa shape index (κ2) is 6.03. The van der Waals surface area contributed by atoms with E-state index in [9.17, 15) is 0 Å². The Labute approximate surface area is 123 Å². The van der Waals surface area contributed by atoms with Gasteiger partial charge in [-0.25, -0.2) is 0 Å². The van der Waals surface area contributed by atoms with Crippen LogP contribution in [0.4, 0.5) is 0 Å². The highest BCUT2D eigenvalue weighted by Gasteiger charge is 2.08. The van der Waals surface area contributed by atoms with E-state index >= 15 is 0 Å². The van der Waals surface area contributed by atoms with Crippen molar-refractivity contribution in [2.45, 2.75) is 11.2 Å². The molecule has 0 nitrogen and oxygen atoms in total. The van der Waals surface area contributed by atoms with Crippen LogP contribution in [0.5, 0.6) is 0 Å². The van der Waals surface area contributed by atoms with Crippen molar-refractivity contribution in [3.63, 3.8) is 0 Å². The lowest BCUT2D eigenvalue weighted by Crippen LogP contribution is -1.95. The highest BCUT2D eigenvalue weighted by Crippen LogP contribution is 2.29. The number of hydrogen-bond acceptors (Lipinski definition) is 0. The predicted molar refractivity (Wildman–Crippen MR) is 81.0 cm³/mol. The normalized spacial score (nSPS) is 12.4. The van der Waals surface area contributed by atoms with Gasteiger partial charge in [0.05, 0.1) is 0 Å². The molecule has 0 fully saturated rings. The van der Waals surface area contributed by atoms with E-state index in [-0.39, 0.29) is 0 Å². The predicted octanol–water partition coefficient (Wildman–Crippen LogP) is 5.78. The molecule has 2 aromatic rings. The van der Waals surface area contributed by atoms with Gasteiger partial charge in [-0.2, -0.15) is 0 Å². The number of halogens is 3. The number of hydrogen-bond donors (Lipinski definition) is 0. The molecular formula is C14H11Br2Cl. The molecule has 0 N–H and O–H groups in total. The van der Waals surface area contributed by atoms with Crippen LogP contribution >= 0.6 is 43.5 Å². The van der Waals surface area contributed by atoms with Crippen LogP contribution in [0.1, 0.15) is 16.0 Å². The first-order chi connectivity index (χ1) is 8.15. The van der Waals surface area contributed by atoms with Crippen molar-refractivity contribution < 1.29 is 0 Å². The molecule has 0 spiro atoms. The molecule has 1 atom stereocenters. The third-order valence-electron chi connectivity index (χ3n) is 2.54. The lowest BCUT2D eigenvalue weighted by atomic mass is 10.0. The summed E-state index contributed by atoms with van der Waals surface area (Å²) in [5.41, 5.74) is 2.55. The zero-order valence-corrected chi connectivity index (χ0v) is 13.0. The first-order valence-electron chi connectivity index (χ1n) is 5.29. The van der Waals surface area contributed by atoms with E-state index in [1.54, 1.807) is 0 Å². The fraction of sp³-hybridized carbons (Fsp3) is 0.143. The average molecular weight is 375 g/mol. The molecule has 0 aliphatic heterocycles. The second-order valence-electron chi connectivity index (χ2n) is 3.85. The summed E-state index contributed by atoms with van der Waals surface area (Å²) in [6, 6.07) is 16.3. The quantitative estimate of drug-likeness (QED) is 0.597. The standard InChI is InChI=1S/C14H11Br2Cl/c15-12-3-1-2-11(9-12)14(16)8-10-4-6-13(17)7-5-10/h1-7,9,14H,8H2. The molecule has 0 aromatic heterocycles. The summed E-state index contributed by atoms with van der Waals surface area (Å²) in [6.07, 6.45) is 0.952. The van der Waals surface area contributed by atoms with Crippen molar-refractivity contribution in [3.05, 3.63) is 69.2 Å². The molecule has 0 amide bonds. The van der Waals surface area contributed by atoms with E-state index in [4.69, 9.17) is 11.6 Å². The topological polar surface area (TPSA) is 0 Å². The number of benzene rings is 2. The van der Waals surface area contributed by atoms with Gasteiger partial charge in [0.1, 0.15) is 0 Å². The fourth-order valence-corrected chi connectivity index (χ4v) is 2.85. The third kappa shape index (κ3) is 3.84. The van der Waals surface area contributed by atoms with Gasteiger partial charge in [-0.1, -0.05) is 67.7 Å². The molecule has 0 aliphatic carbocycles. The minimum Gasteiger partial charge on any atom is -0.0843 e. The van der Waals surface area contributed by atoms with E-state index < -0.39 is 0 Å². The lowest BCUT2D eigenvalue weighted by Gasteiger charge is -2.10. The second-order valence-corrected chi connectivity index (χ2v) is 6.31. The third-order valence-corrected chi connectivity index (χ3v) is 4.14. The van der Waals surface area contributed by atoms with Crippen molar-refractivity contribution in [1.82, 2.24) is 0 Å². The number of rotatable bonds is 3. The molecule has 88 valence electrons. The maximum absolute atomic E-state index is 5.87. The highest BCUT2D eigenvalue weighted by molar-refractivity contribution is 9.10. The van der Waals surface area contributed by atoms with Gasteiger partial charge in [0.2, 0.25) is 0 Å². The molecule has 3 heteroatoms. The van der Waals surface area contributed by atoms with Gasteiger partial charge < -0.3 is 0 Å². The summed E-state index contributed by atoms with van der Waals surface area (Å²) in [7, 11) is 0. The highest BCUT2D eigenvalue weighted by atomic mass is 79.9. The van der Waals surface area contributed by atoms with Crippen LogP contribution in [0.25, 0.3) is 0 Å². The van der Waals surface area contributed by atoms with Crippen molar-refractivity contribution >= 4 is 43.5 Å². The Kier molecular flexibility index (Phi) is 4.66. The first kappa shape index (κ1) is 13.1. The molecular weight excluding hydrogens is 363 g/mol. The van der Waals surface area contributed by atoms with Crippen LogP contribution in [0.2, 0.25) is 5.02 Å². The summed E-state index contributed by atoms with van der Waals surface area (Å²) in [4.78, 5) is 0.321. The van der Waals surface area contributed by atoms with Crippen LogP contribution in [-0.4, -0.2) is 0 Å². The van der Waals surface area contributed by atoms with E-state index in [1.165, 1.54) is 11.1 Å². The van der Waals surface area contributed by atoms with Crippen molar-refractivity contribution in [1.29, 1.82) is 0 Å². The van der Waals surface area contributed by atoms with Gasteiger partial charge in [0, 0.05) is 14.3 Å². The maximum Gasteiger partial charge on any atom is 0.0436 e. The van der Waals surface area contributed by atoms with Gasteiger partial charge in [0.15, 0.2) is 0 Å². The minimum atomic E-state index is 0.321. The Morgan fingerprint density at radius 2 is 1.76 bits per heavy atom. The fourth-order valence-electron chi connectivity index (χ4n) is 1.65. The Morgan fingerprint density at radius 3 is 2.41 bits per heavy atom. The molecule has 0 bridgehead atoms. The SMILES string of the molecule is Clc1ccc(CC(Br)c2cccc(Br)c2)cc1. The van der Waals surface area contributed by atoms with Crippen LogP contribution in [0, 0.1) is 0 Å². The van der Waals surface area contributed by atoms with Crippen LogP contribution < -0.4 is 0 Å². The summed E-state index contributed by atoms with van der Waals surface area (Å²) < 4.78 is 1.11. The van der Waals surface area contributed by atoms with Crippen molar-refractivity contribution in [2.75, 3.05) is 0 Å². The summed E-state index contributed by atoms with van der Waals surface area (Å²) >= 11 is 13.1. The number of alkyl halides is 1. The van der Waals surface area contributed by atoms with Crippen molar-refractivity contribution in [2.24, 2.45) is 0 Å². The van der Waals surface area contributed by atoms with E-state index in [1.807, 2.05) is 18.2 Å². The largest absolute Gasteiger partial charge is 0.0843 e. The van der Waals surface area contributed by atoms with Crippen molar-refractivity contribution in [3.8, 4) is 0 Å². The van der Waals surface area contributed by atoms with E-state index in [0.29, 0.717) is 4.83 Å². The first-order valence-corrected chi connectivity index (χ1v) is 7.38. The average Bonchev–Trinajstić information content (AvgIpc) is 2.32. The smallest absolute Gasteiger partial charge is 0.0436 e. The molecule has 2 rings (SSSR count). The van der Waals surface area contributed by atoms with Crippen LogP contribution in [-0.2, 0) is 6.42 Å². The van der Waals surface area contributed by atoms with Gasteiger partial charge in [-0.3, -0.25) is 0 Å². The summed E-state index contributed by atoms with van der Waals surface area (Å²) in [5.74, 6) is 0. The van der Waals surface area contributed by atoms with Gasteiger partial charge in [-0.15, -0.1) is 0 Å². The van der Waals surface area contributed by atoms with Gasteiger partial charge >= 0.3 is 0 Å². The molecule has 2 aromatic carbocycles. The zero-order valence-electron chi connectivity index (χ0n) is 9.04. The summed E-state index contributed by atoms with van der Waals surface area (Å²) in [6.45, 7) is 0. The molecule has 0 radical (unpaired) electrons. The van der Waals surface area contributed by atoms with Crippen LogP contribution in [0.15, 0.2) is 53.0 Å². The van der Waals surface area contributed by atoms with Gasteiger partial charge in [0.25, 0.3) is 0 Å².